The second kappa shape index (κ2) is 20.5. The smallest absolute Gasteiger partial charge is 0.0465 e. The molecule has 2 aliphatic carbocycles. The van der Waals surface area contributed by atoms with Gasteiger partial charge in [0.25, 0.3) is 0 Å². The van der Waals surface area contributed by atoms with Crippen LogP contribution in [0.4, 0.5) is 68.2 Å². The van der Waals surface area contributed by atoms with Gasteiger partial charge in [0.1, 0.15) is 0 Å². The molecule has 13 rings (SSSR count). The summed E-state index contributed by atoms with van der Waals surface area (Å²) in [4.78, 5) is 9.42. The van der Waals surface area contributed by atoms with E-state index in [0.717, 1.165) is 73.7 Å². The van der Waals surface area contributed by atoms with Crippen molar-refractivity contribution in [2.24, 2.45) is 0 Å². The Labute approximate surface area is 447 Å². The van der Waals surface area contributed by atoms with E-state index in [1.807, 2.05) is 0 Å². The van der Waals surface area contributed by atoms with Crippen molar-refractivity contribution in [3.63, 3.8) is 0 Å². The number of rotatable bonds is 13. The summed E-state index contributed by atoms with van der Waals surface area (Å²) in [5.41, 5.74) is 21.5. The van der Waals surface area contributed by atoms with E-state index in [-0.39, 0.29) is 5.41 Å². The maximum Gasteiger partial charge on any atom is 0.0465 e. The third kappa shape index (κ3) is 8.78. The third-order valence-electron chi connectivity index (χ3n) is 15.6. The van der Waals surface area contributed by atoms with Crippen molar-refractivity contribution in [2.75, 3.05) is 19.6 Å². The molecule has 0 heterocycles. The minimum absolute atomic E-state index is 0.0447. The number of hydrogen-bond donors (Lipinski definition) is 0. The van der Waals surface area contributed by atoms with Crippen LogP contribution in [0.25, 0.3) is 22.3 Å². The molecule has 76 heavy (non-hydrogen) atoms. The van der Waals surface area contributed by atoms with Gasteiger partial charge in [-0.1, -0.05) is 165 Å². The van der Waals surface area contributed by atoms with Gasteiger partial charge in [-0.15, -0.1) is 0 Å². The third-order valence-corrected chi connectivity index (χ3v) is 15.6. The second-order valence-corrected chi connectivity index (χ2v) is 20.1. The van der Waals surface area contributed by atoms with Gasteiger partial charge in [0, 0.05) is 73.7 Å². The molecule has 4 nitrogen and oxygen atoms in total. The van der Waals surface area contributed by atoms with Gasteiger partial charge in [0.15, 0.2) is 0 Å². The zero-order valence-electron chi connectivity index (χ0n) is 42.5. The normalized spacial score (nSPS) is 13.1. The standard InChI is InChI=1S/C72H58N4/c1-7-21-56(22-8-1)73(57-23-9-2-10-24-57)63-41-43-65(44-42-63)75(60-29-15-5-16-30-60)61-37-33-54(34-38-61)55-35-39-62(40-36-55)76(66-47-45-64(46-48-66)74(58-25-11-3-12-26-58)59-27-13-4-14-28-59)67-49-50-69-68-31-17-18-32-70(68)72(71(69)53-67)51-19-6-20-52-72/h1-5,7-18,21-50,53H,6,19-20,51-52H2. The Hall–Kier alpha value is -9.38. The number of nitrogens with zero attached hydrogens (tertiary/aromatic N) is 4. The Bertz CT molecular complexity index is 3610. The molecule has 1 saturated carbocycles. The Morgan fingerprint density at radius 2 is 0.474 bits per heavy atom. The Balaban J connectivity index is 0.845. The molecule has 0 bridgehead atoms. The highest BCUT2D eigenvalue weighted by Crippen LogP contribution is 2.57. The summed E-state index contributed by atoms with van der Waals surface area (Å²) >= 11 is 0. The number of fused-ring (bicyclic) bond motifs is 5. The molecule has 2 aliphatic rings. The number of hydrogen-bond acceptors (Lipinski definition) is 4. The molecule has 0 atom stereocenters. The average molecular weight is 979 g/mol. The first-order chi connectivity index (χ1) is 37.7. The van der Waals surface area contributed by atoms with Crippen LogP contribution in [0.1, 0.15) is 43.2 Å². The van der Waals surface area contributed by atoms with Crippen molar-refractivity contribution in [3.8, 4) is 22.3 Å². The topological polar surface area (TPSA) is 13.0 Å². The van der Waals surface area contributed by atoms with E-state index >= 15 is 0 Å². The maximum atomic E-state index is 2.52. The van der Waals surface area contributed by atoms with Crippen molar-refractivity contribution >= 4 is 68.2 Å². The minimum Gasteiger partial charge on any atom is -0.311 e. The summed E-state index contributed by atoms with van der Waals surface area (Å²) < 4.78 is 0. The first kappa shape index (κ1) is 46.4. The molecule has 0 unspecified atom stereocenters. The van der Waals surface area contributed by atoms with E-state index in [0.29, 0.717) is 0 Å². The summed E-state index contributed by atoms with van der Waals surface area (Å²) in [5, 5.41) is 0. The lowest BCUT2D eigenvalue weighted by Crippen LogP contribution is -2.28. The second-order valence-electron chi connectivity index (χ2n) is 20.1. The van der Waals surface area contributed by atoms with Gasteiger partial charge in [0.2, 0.25) is 0 Å². The molecule has 0 saturated heterocycles. The highest BCUT2D eigenvalue weighted by molar-refractivity contribution is 5.88. The number of para-hydroxylation sites is 5. The molecule has 0 aromatic heterocycles. The van der Waals surface area contributed by atoms with Crippen molar-refractivity contribution < 1.29 is 0 Å². The van der Waals surface area contributed by atoms with Crippen molar-refractivity contribution in [2.45, 2.75) is 37.5 Å². The van der Waals surface area contributed by atoms with Gasteiger partial charge in [-0.3, -0.25) is 0 Å². The summed E-state index contributed by atoms with van der Waals surface area (Å²) in [7, 11) is 0. The van der Waals surface area contributed by atoms with Crippen LogP contribution in [0, 0.1) is 0 Å². The lowest BCUT2D eigenvalue weighted by molar-refractivity contribution is 0.353. The Morgan fingerprint density at radius 1 is 0.211 bits per heavy atom. The average Bonchev–Trinajstić information content (AvgIpc) is 3.94. The van der Waals surface area contributed by atoms with Crippen LogP contribution < -0.4 is 19.6 Å². The fourth-order valence-corrected chi connectivity index (χ4v) is 12.1. The van der Waals surface area contributed by atoms with Gasteiger partial charge < -0.3 is 19.6 Å². The lowest BCUT2D eigenvalue weighted by atomic mass is 9.68. The molecular weight excluding hydrogens is 921 g/mol. The van der Waals surface area contributed by atoms with E-state index in [1.54, 1.807) is 0 Å². The minimum atomic E-state index is 0.0447. The van der Waals surface area contributed by atoms with Crippen LogP contribution in [0.5, 0.6) is 0 Å². The van der Waals surface area contributed by atoms with Gasteiger partial charge in [-0.25, -0.2) is 0 Å². The monoisotopic (exact) mass is 978 g/mol. The summed E-state index contributed by atoms with van der Waals surface area (Å²) in [6.45, 7) is 0. The first-order valence-electron chi connectivity index (χ1n) is 26.8. The molecule has 0 aliphatic heterocycles. The summed E-state index contributed by atoms with van der Waals surface area (Å²) in [6.07, 6.45) is 6.19. The summed E-state index contributed by atoms with van der Waals surface area (Å²) in [5.74, 6) is 0. The molecule has 1 fully saturated rings. The van der Waals surface area contributed by atoms with E-state index in [2.05, 4.69) is 311 Å². The summed E-state index contributed by atoms with van der Waals surface area (Å²) in [6, 6.07) is 106. The lowest BCUT2D eigenvalue weighted by Gasteiger charge is -2.36. The largest absolute Gasteiger partial charge is 0.311 e. The molecule has 0 radical (unpaired) electrons. The van der Waals surface area contributed by atoms with Gasteiger partial charge in [-0.2, -0.15) is 0 Å². The van der Waals surface area contributed by atoms with Crippen LogP contribution >= 0.6 is 0 Å². The molecule has 0 amide bonds. The van der Waals surface area contributed by atoms with Crippen LogP contribution in [-0.2, 0) is 5.41 Å². The highest BCUT2D eigenvalue weighted by Gasteiger charge is 2.44. The van der Waals surface area contributed by atoms with Crippen molar-refractivity contribution in [1.29, 1.82) is 0 Å². The SMILES string of the molecule is c1ccc(N(c2ccccc2)c2ccc(N(c3ccccc3)c3ccc(-c4ccc(N(c5ccc(N(c6ccccc6)c6ccccc6)cc5)c5ccc6c(c5)C5(CCCCC5)c5ccccc5-6)cc4)cc3)cc2)cc1. The van der Waals surface area contributed by atoms with Crippen LogP contribution in [0.15, 0.2) is 291 Å². The number of anilines is 12. The van der Waals surface area contributed by atoms with Crippen molar-refractivity contribution in [1.82, 2.24) is 0 Å². The zero-order chi connectivity index (χ0) is 50.7. The van der Waals surface area contributed by atoms with E-state index < -0.39 is 0 Å². The molecule has 1 spiro atoms. The van der Waals surface area contributed by atoms with E-state index in [4.69, 9.17) is 0 Å². The number of benzene rings is 11. The van der Waals surface area contributed by atoms with Gasteiger partial charge >= 0.3 is 0 Å². The molecular formula is C72H58N4. The van der Waals surface area contributed by atoms with Crippen LogP contribution in [0.2, 0.25) is 0 Å². The molecule has 4 heteroatoms. The maximum absolute atomic E-state index is 2.52. The Morgan fingerprint density at radius 3 is 0.829 bits per heavy atom. The molecule has 0 N–H and O–H groups in total. The zero-order valence-corrected chi connectivity index (χ0v) is 42.5. The Kier molecular flexibility index (Phi) is 12.5. The predicted octanol–water partition coefficient (Wildman–Crippen LogP) is 20.5. The van der Waals surface area contributed by atoms with E-state index in [9.17, 15) is 0 Å². The molecule has 11 aromatic carbocycles. The molecule has 11 aromatic rings. The molecule has 366 valence electrons. The highest BCUT2D eigenvalue weighted by atomic mass is 15.2. The van der Waals surface area contributed by atoms with Gasteiger partial charge in [-0.05, 0) is 192 Å². The fraction of sp³-hybridized carbons (Fsp3) is 0.0833. The van der Waals surface area contributed by atoms with Crippen LogP contribution in [0.3, 0.4) is 0 Å². The predicted molar refractivity (Wildman–Crippen MR) is 320 cm³/mol. The quantitative estimate of drug-likeness (QED) is 0.114. The van der Waals surface area contributed by atoms with Crippen molar-refractivity contribution in [3.05, 3.63) is 302 Å². The first-order valence-corrected chi connectivity index (χ1v) is 26.8. The van der Waals surface area contributed by atoms with Gasteiger partial charge in [0.05, 0.1) is 0 Å². The fourth-order valence-electron chi connectivity index (χ4n) is 12.1. The van der Waals surface area contributed by atoms with Crippen LogP contribution in [-0.4, -0.2) is 0 Å². The van der Waals surface area contributed by atoms with E-state index in [1.165, 1.54) is 60.0 Å².